The lowest BCUT2D eigenvalue weighted by molar-refractivity contribution is -0.385. The fourth-order valence-electron chi connectivity index (χ4n) is 3.44. The van der Waals surface area contributed by atoms with Gasteiger partial charge in [0, 0.05) is 63.0 Å². The minimum Gasteiger partial charge on any atom is -0.444 e. The molecular formula is C22H30N6O4. The Bertz CT molecular complexity index is 1000. The summed E-state index contributed by atoms with van der Waals surface area (Å²) in [6.07, 6.45) is 9.74. The first-order valence-corrected chi connectivity index (χ1v) is 10.5. The van der Waals surface area contributed by atoms with Crippen molar-refractivity contribution in [3.8, 4) is 11.1 Å². The van der Waals surface area contributed by atoms with Crippen LogP contribution in [0, 0.1) is 10.1 Å². The van der Waals surface area contributed by atoms with E-state index < -0.39 is 10.5 Å². The van der Waals surface area contributed by atoms with Gasteiger partial charge < -0.3 is 14.5 Å². The molecule has 3 rings (SSSR count). The highest BCUT2D eigenvalue weighted by Gasteiger charge is 2.28. The second kappa shape index (κ2) is 9.37. The van der Waals surface area contributed by atoms with E-state index in [9.17, 15) is 14.9 Å². The molecule has 3 heterocycles. The Morgan fingerprint density at radius 3 is 2.53 bits per heavy atom. The standard InChI is InChI=1S/C22H30N6O4/c1-22(2,3)32-21(29)26-10-6-18(7-11-26)27-15-17(14-24-27)16-12-20(28(30)31)19(23-13-16)8-9-25(4)5/h8-9,12-15,18H,6-7,10-11H2,1-5H3. The molecule has 172 valence electrons. The fourth-order valence-corrected chi connectivity index (χ4v) is 3.44. The highest BCUT2D eigenvalue weighted by molar-refractivity contribution is 5.69. The zero-order valence-corrected chi connectivity index (χ0v) is 19.2. The van der Waals surface area contributed by atoms with E-state index in [0.29, 0.717) is 24.3 Å². The number of likely N-dealkylation sites (tertiary alicyclic amines) is 1. The quantitative estimate of drug-likeness (QED) is 0.509. The molecule has 0 saturated carbocycles. The van der Waals surface area contributed by atoms with Gasteiger partial charge in [0.2, 0.25) is 0 Å². The normalized spacial score (nSPS) is 15.2. The molecule has 10 heteroatoms. The zero-order valence-electron chi connectivity index (χ0n) is 19.2. The maximum absolute atomic E-state index is 12.3. The monoisotopic (exact) mass is 442 g/mol. The van der Waals surface area contributed by atoms with Crippen molar-refractivity contribution in [2.24, 2.45) is 0 Å². The summed E-state index contributed by atoms with van der Waals surface area (Å²) in [5, 5.41) is 16.0. The van der Waals surface area contributed by atoms with Gasteiger partial charge in [0.05, 0.1) is 17.2 Å². The molecule has 1 aliphatic rings. The number of ether oxygens (including phenoxy) is 1. The van der Waals surface area contributed by atoms with Gasteiger partial charge in [-0.25, -0.2) is 9.78 Å². The number of amides is 1. The topological polar surface area (TPSA) is 107 Å². The lowest BCUT2D eigenvalue weighted by atomic mass is 10.1. The minimum absolute atomic E-state index is 0.0565. The van der Waals surface area contributed by atoms with Crippen LogP contribution in [0.2, 0.25) is 0 Å². The molecule has 1 fully saturated rings. The van der Waals surface area contributed by atoms with Gasteiger partial charge in [0.25, 0.3) is 5.69 Å². The third-order valence-electron chi connectivity index (χ3n) is 5.05. The summed E-state index contributed by atoms with van der Waals surface area (Å²) in [5.74, 6) is 0. The Labute approximate surface area is 187 Å². The number of piperidine rings is 1. The Hall–Kier alpha value is -3.43. The molecule has 10 nitrogen and oxygen atoms in total. The van der Waals surface area contributed by atoms with E-state index in [1.165, 1.54) is 6.07 Å². The molecule has 0 radical (unpaired) electrons. The van der Waals surface area contributed by atoms with E-state index in [1.54, 1.807) is 34.5 Å². The number of carbonyl (C=O) groups excluding carboxylic acids is 1. The van der Waals surface area contributed by atoms with Crippen LogP contribution in [-0.2, 0) is 4.74 Å². The van der Waals surface area contributed by atoms with Crippen LogP contribution in [0.5, 0.6) is 0 Å². The molecule has 32 heavy (non-hydrogen) atoms. The van der Waals surface area contributed by atoms with E-state index in [-0.39, 0.29) is 17.8 Å². The van der Waals surface area contributed by atoms with Crippen LogP contribution in [0.4, 0.5) is 10.5 Å². The van der Waals surface area contributed by atoms with Crippen molar-refractivity contribution in [1.29, 1.82) is 0 Å². The van der Waals surface area contributed by atoms with Crippen LogP contribution < -0.4 is 0 Å². The SMILES string of the molecule is CN(C)C=Cc1ncc(-c2cnn(C3CCN(C(=O)OC(C)(C)C)CC3)c2)cc1[N+](=O)[O-]. The molecule has 0 unspecified atom stereocenters. The Morgan fingerprint density at radius 1 is 1.25 bits per heavy atom. The van der Waals surface area contributed by atoms with Crippen molar-refractivity contribution in [2.45, 2.75) is 45.3 Å². The Kier molecular flexibility index (Phi) is 6.81. The van der Waals surface area contributed by atoms with Gasteiger partial charge >= 0.3 is 6.09 Å². The summed E-state index contributed by atoms with van der Waals surface area (Å²) in [5.41, 5.74) is 1.13. The van der Waals surface area contributed by atoms with Gasteiger partial charge in [-0.3, -0.25) is 14.8 Å². The van der Waals surface area contributed by atoms with Crippen molar-refractivity contribution < 1.29 is 14.5 Å². The van der Waals surface area contributed by atoms with Gasteiger partial charge in [0.1, 0.15) is 11.3 Å². The van der Waals surface area contributed by atoms with Crippen molar-refractivity contribution >= 4 is 17.9 Å². The van der Waals surface area contributed by atoms with Crippen LogP contribution in [-0.4, -0.2) is 68.4 Å². The van der Waals surface area contributed by atoms with Gasteiger partial charge in [-0.15, -0.1) is 0 Å². The van der Waals surface area contributed by atoms with E-state index >= 15 is 0 Å². The van der Waals surface area contributed by atoms with Crippen molar-refractivity contribution in [3.05, 3.63) is 46.7 Å². The molecule has 2 aromatic rings. The van der Waals surface area contributed by atoms with E-state index in [4.69, 9.17) is 4.74 Å². The molecule has 2 aromatic heterocycles. The number of carbonyl (C=O) groups is 1. The van der Waals surface area contributed by atoms with Crippen LogP contribution in [0.15, 0.2) is 30.9 Å². The fraction of sp³-hybridized carbons (Fsp3) is 0.500. The maximum atomic E-state index is 12.3. The highest BCUT2D eigenvalue weighted by Crippen LogP contribution is 2.29. The molecule has 0 aromatic carbocycles. The van der Waals surface area contributed by atoms with Crippen LogP contribution in [0.3, 0.4) is 0 Å². The number of aromatic nitrogens is 3. The van der Waals surface area contributed by atoms with Crippen LogP contribution in [0.1, 0.15) is 45.3 Å². The molecule has 0 spiro atoms. The first kappa shape index (κ1) is 23.2. The van der Waals surface area contributed by atoms with Crippen molar-refractivity contribution in [3.63, 3.8) is 0 Å². The van der Waals surface area contributed by atoms with E-state index in [0.717, 1.165) is 18.4 Å². The molecule has 0 atom stereocenters. The lowest BCUT2D eigenvalue weighted by Crippen LogP contribution is -2.42. The second-order valence-electron chi connectivity index (χ2n) is 9.07. The average molecular weight is 443 g/mol. The summed E-state index contributed by atoms with van der Waals surface area (Å²) >= 11 is 0. The number of pyridine rings is 1. The molecule has 0 N–H and O–H groups in total. The highest BCUT2D eigenvalue weighted by atomic mass is 16.6. The first-order valence-electron chi connectivity index (χ1n) is 10.5. The number of hydrogen-bond donors (Lipinski definition) is 0. The molecule has 1 amide bonds. The Balaban J connectivity index is 1.70. The second-order valence-corrected chi connectivity index (χ2v) is 9.07. The van der Waals surface area contributed by atoms with E-state index in [2.05, 4.69) is 10.1 Å². The molecule has 0 bridgehead atoms. The van der Waals surface area contributed by atoms with Gasteiger partial charge in [-0.1, -0.05) is 0 Å². The van der Waals surface area contributed by atoms with Crippen LogP contribution >= 0.6 is 0 Å². The summed E-state index contributed by atoms with van der Waals surface area (Å²) in [4.78, 5) is 31.1. The third kappa shape index (κ3) is 5.83. The van der Waals surface area contributed by atoms with Gasteiger partial charge in [0.15, 0.2) is 0 Å². The zero-order chi connectivity index (χ0) is 23.5. The molecule has 1 aliphatic heterocycles. The third-order valence-corrected chi connectivity index (χ3v) is 5.05. The smallest absolute Gasteiger partial charge is 0.410 e. The first-order chi connectivity index (χ1) is 15.0. The predicted octanol–water partition coefficient (Wildman–Crippen LogP) is 3.96. The van der Waals surface area contributed by atoms with Crippen LogP contribution in [0.25, 0.3) is 17.2 Å². The van der Waals surface area contributed by atoms with Gasteiger partial charge in [-0.05, 0) is 39.7 Å². The number of rotatable bonds is 5. The largest absolute Gasteiger partial charge is 0.444 e. The van der Waals surface area contributed by atoms with E-state index in [1.807, 2.05) is 45.7 Å². The molecular weight excluding hydrogens is 412 g/mol. The molecule has 1 saturated heterocycles. The summed E-state index contributed by atoms with van der Waals surface area (Å²) in [7, 11) is 3.67. The summed E-state index contributed by atoms with van der Waals surface area (Å²) in [6.45, 7) is 6.75. The Morgan fingerprint density at radius 2 is 1.94 bits per heavy atom. The number of hydrogen-bond acceptors (Lipinski definition) is 7. The van der Waals surface area contributed by atoms with Gasteiger partial charge in [-0.2, -0.15) is 5.10 Å². The number of nitrogens with zero attached hydrogens (tertiary/aromatic N) is 6. The lowest BCUT2D eigenvalue weighted by Gasteiger charge is -2.33. The minimum atomic E-state index is -0.515. The summed E-state index contributed by atoms with van der Waals surface area (Å²) < 4.78 is 7.31. The summed E-state index contributed by atoms with van der Waals surface area (Å²) in [6, 6.07) is 1.67. The maximum Gasteiger partial charge on any atom is 0.410 e. The number of nitro groups is 1. The molecule has 0 aliphatic carbocycles. The predicted molar refractivity (Wildman–Crippen MR) is 121 cm³/mol. The average Bonchev–Trinajstić information content (AvgIpc) is 3.21. The van der Waals surface area contributed by atoms with Crippen molar-refractivity contribution in [2.75, 3.05) is 27.2 Å². The van der Waals surface area contributed by atoms with Crippen molar-refractivity contribution in [1.82, 2.24) is 24.6 Å².